The van der Waals surface area contributed by atoms with Crippen LogP contribution in [0.25, 0.3) is 0 Å². The van der Waals surface area contributed by atoms with Crippen molar-refractivity contribution in [1.29, 1.82) is 0 Å². The fraction of sp³-hybridized carbons (Fsp3) is 0.105. The fourth-order valence-corrected chi connectivity index (χ4v) is 4.26. The molecule has 0 aliphatic rings. The van der Waals surface area contributed by atoms with Crippen LogP contribution in [-0.2, 0) is 11.3 Å². The Balaban J connectivity index is 1.75. The number of hydrogen-bond donors (Lipinski definition) is 1. The van der Waals surface area contributed by atoms with Gasteiger partial charge in [-0.25, -0.2) is 0 Å². The number of halogens is 1. The first kappa shape index (κ1) is 21.8. The zero-order valence-corrected chi connectivity index (χ0v) is 17.7. The molecule has 154 valence electrons. The summed E-state index contributed by atoms with van der Waals surface area (Å²) in [5.74, 6) is -1.30. The SMILES string of the molecule is NC(=O)c1ccc(SCC(=O)N=c2sccn2Cc2ccccc2Cl)c([N+](=O)[O-])c1. The van der Waals surface area contributed by atoms with E-state index in [0.29, 0.717) is 16.4 Å². The molecule has 0 aliphatic heterocycles. The minimum Gasteiger partial charge on any atom is -0.366 e. The van der Waals surface area contributed by atoms with Gasteiger partial charge >= 0.3 is 0 Å². The molecular weight excluding hydrogens is 448 g/mol. The third kappa shape index (κ3) is 5.35. The van der Waals surface area contributed by atoms with E-state index in [9.17, 15) is 19.7 Å². The van der Waals surface area contributed by atoms with Gasteiger partial charge in [-0.3, -0.25) is 19.7 Å². The topological polar surface area (TPSA) is 121 Å². The van der Waals surface area contributed by atoms with E-state index in [4.69, 9.17) is 17.3 Å². The summed E-state index contributed by atoms with van der Waals surface area (Å²) in [6.45, 7) is 0.461. The minimum atomic E-state index is -0.763. The van der Waals surface area contributed by atoms with Gasteiger partial charge in [0.1, 0.15) is 0 Å². The Hall–Kier alpha value is -2.95. The second-order valence-corrected chi connectivity index (χ2v) is 8.30. The highest BCUT2D eigenvalue weighted by molar-refractivity contribution is 8.00. The number of rotatable bonds is 7. The van der Waals surface area contributed by atoms with Crippen molar-refractivity contribution in [1.82, 2.24) is 4.57 Å². The first-order chi connectivity index (χ1) is 14.3. The molecule has 0 aliphatic carbocycles. The van der Waals surface area contributed by atoms with Gasteiger partial charge in [0.15, 0.2) is 4.80 Å². The molecule has 0 saturated carbocycles. The number of nitrogens with zero attached hydrogens (tertiary/aromatic N) is 3. The number of benzene rings is 2. The van der Waals surface area contributed by atoms with Crippen LogP contribution in [-0.4, -0.2) is 27.1 Å². The highest BCUT2D eigenvalue weighted by atomic mass is 35.5. The summed E-state index contributed by atoms with van der Waals surface area (Å²) in [4.78, 5) is 39.1. The van der Waals surface area contributed by atoms with E-state index in [1.807, 2.05) is 23.6 Å². The third-order valence-electron chi connectivity index (χ3n) is 3.97. The number of amides is 2. The lowest BCUT2D eigenvalue weighted by Gasteiger charge is -2.05. The van der Waals surface area contributed by atoms with Gasteiger partial charge in [0.2, 0.25) is 5.91 Å². The van der Waals surface area contributed by atoms with Gasteiger partial charge < -0.3 is 10.3 Å². The van der Waals surface area contributed by atoms with E-state index < -0.39 is 16.7 Å². The van der Waals surface area contributed by atoms with E-state index in [1.165, 1.54) is 23.5 Å². The standard InChI is InChI=1S/C19H15ClN4O4S2/c20-14-4-2-1-3-13(14)10-23-7-8-29-19(23)22-17(25)11-30-16-6-5-12(18(21)26)9-15(16)24(27)28/h1-9H,10-11H2,(H2,21,26). The molecule has 3 rings (SSSR count). The Morgan fingerprint density at radius 1 is 1.27 bits per heavy atom. The van der Waals surface area contributed by atoms with Gasteiger partial charge in [0.25, 0.3) is 11.6 Å². The number of hydrogen-bond acceptors (Lipinski definition) is 6. The highest BCUT2D eigenvalue weighted by Crippen LogP contribution is 2.30. The smallest absolute Gasteiger partial charge is 0.283 e. The maximum Gasteiger partial charge on any atom is 0.283 e. The first-order valence-corrected chi connectivity index (χ1v) is 10.8. The summed E-state index contributed by atoms with van der Waals surface area (Å²) in [6, 6.07) is 11.3. The molecule has 11 heteroatoms. The number of primary amides is 1. The van der Waals surface area contributed by atoms with E-state index in [2.05, 4.69) is 4.99 Å². The molecule has 0 fully saturated rings. The highest BCUT2D eigenvalue weighted by Gasteiger charge is 2.18. The van der Waals surface area contributed by atoms with E-state index >= 15 is 0 Å². The minimum absolute atomic E-state index is 0.0289. The van der Waals surface area contributed by atoms with Crippen LogP contribution in [0, 0.1) is 10.1 Å². The van der Waals surface area contributed by atoms with Gasteiger partial charge in [-0.05, 0) is 23.8 Å². The zero-order valence-electron chi connectivity index (χ0n) is 15.4. The number of aromatic nitrogens is 1. The molecular formula is C19H15ClN4O4S2. The number of thioether (sulfide) groups is 1. The molecule has 30 heavy (non-hydrogen) atoms. The van der Waals surface area contributed by atoms with Crippen LogP contribution in [0.5, 0.6) is 0 Å². The molecule has 0 unspecified atom stereocenters. The van der Waals surface area contributed by atoms with Crippen molar-refractivity contribution in [3.05, 3.63) is 85.1 Å². The van der Waals surface area contributed by atoms with Crippen molar-refractivity contribution in [3.63, 3.8) is 0 Å². The van der Waals surface area contributed by atoms with Crippen LogP contribution >= 0.6 is 34.7 Å². The van der Waals surface area contributed by atoms with Gasteiger partial charge in [-0.2, -0.15) is 4.99 Å². The second kappa shape index (κ2) is 9.70. The molecule has 0 radical (unpaired) electrons. The summed E-state index contributed by atoms with van der Waals surface area (Å²) in [6.07, 6.45) is 1.81. The summed E-state index contributed by atoms with van der Waals surface area (Å²) in [5, 5.41) is 13.7. The van der Waals surface area contributed by atoms with Gasteiger partial charge in [0, 0.05) is 28.2 Å². The van der Waals surface area contributed by atoms with Crippen LogP contribution in [0.3, 0.4) is 0 Å². The molecule has 2 aromatic carbocycles. The second-order valence-electron chi connectivity index (χ2n) is 6.00. The predicted octanol–water partition coefficient (Wildman–Crippen LogP) is 3.48. The number of thiazole rings is 1. The van der Waals surface area contributed by atoms with Crippen LogP contribution in [0.1, 0.15) is 15.9 Å². The number of nitrogens with two attached hydrogens (primary N) is 1. The monoisotopic (exact) mass is 462 g/mol. The van der Waals surface area contributed by atoms with Crippen LogP contribution in [0.15, 0.2) is 63.9 Å². The molecule has 0 spiro atoms. The fourth-order valence-electron chi connectivity index (χ4n) is 2.53. The summed E-state index contributed by atoms with van der Waals surface area (Å²) in [7, 11) is 0. The Morgan fingerprint density at radius 3 is 2.73 bits per heavy atom. The van der Waals surface area contributed by atoms with Crippen LogP contribution in [0.2, 0.25) is 5.02 Å². The van der Waals surface area contributed by atoms with Crippen molar-refractivity contribution in [2.75, 3.05) is 5.75 Å². The molecule has 2 N–H and O–H groups in total. The quantitative estimate of drug-likeness (QED) is 0.327. The Labute approximate surface area is 184 Å². The normalized spacial score (nSPS) is 11.4. The first-order valence-electron chi connectivity index (χ1n) is 8.51. The predicted molar refractivity (Wildman–Crippen MR) is 116 cm³/mol. The lowest BCUT2D eigenvalue weighted by Crippen LogP contribution is -2.17. The average Bonchev–Trinajstić information content (AvgIpc) is 3.14. The third-order valence-corrected chi connectivity index (χ3v) is 6.18. The molecule has 1 aromatic heterocycles. The van der Waals surface area contributed by atoms with Crippen molar-refractivity contribution < 1.29 is 14.5 Å². The maximum atomic E-state index is 12.3. The zero-order chi connectivity index (χ0) is 21.7. The molecule has 8 nitrogen and oxygen atoms in total. The average molecular weight is 463 g/mol. The van der Waals surface area contributed by atoms with Gasteiger partial charge in [-0.1, -0.05) is 29.8 Å². The maximum absolute atomic E-state index is 12.3. The van der Waals surface area contributed by atoms with E-state index in [0.717, 1.165) is 23.4 Å². The molecule has 0 saturated heterocycles. The molecule has 0 bridgehead atoms. The van der Waals surface area contributed by atoms with Gasteiger partial charge in [-0.15, -0.1) is 23.1 Å². The lowest BCUT2D eigenvalue weighted by molar-refractivity contribution is -0.387. The summed E-state index contributed by atoms with van der Waals surface area (Å²) in [5.41, 5.74) is 5.80. The largest absolute Gasteiger partial charge is 0.366 e. The lowest BCUT2D eigenvalue weighted by atomic mass is 10.2. The number of nitro groups is 1. The van der Waals surface area contributed by atoms with Crippen molar-refractivity contribution in [2.24, 2.45) is 10.7 Å². The van der Waals surface area contributed by atoms with Crippen LogP contribution in [0.4, 0.5) is 5.69 Å². The van der Waals surface area contributed by atoms with Crippen molar-refractivity contribution >= 4 is 52.2 Å². The van der Waals surface area contributed by atoms with Gasteiger partial charge in [0.05, 0.1) is 22.1 Å². The van der Waals surface area contributed by atoms with Crippen molar-refractivity contribution in [2.45, 2.75) is 11.4 Å². The van der Waals surface area contributed by atoms with Crippen molar-refractivity contribution in [3.8, 4) is 0 Å². The number of nitro benzene ring substituents is 1. The Kier molecular flexibility index (Phi) is 7.03. The number of carbonyl (C=O) groups excluding carboxylic acids is 2. The molecule has 2 amide bonds. The molecule has 1 heterocycles. The van der Waals surface area contributed by atoms with Crippen LogP contribution < -0.4 is 10.5 Å². The van der Waals surface area contributed by atoms with E-state index in [1.54, 1.807) is 16.8 Å². The van der Waals surface area contributed by atoms with E-state index in [-0.39, 0.29) is 21.9 Å². The Morgan fingerprint density at radius 2 is 2.03 bits per heavy atom. The molecule has 3 aromatic rings. The molecule has 0 atom stereocenters. The summed E-state index contributed by atoms with van der Waals surface area (Å²) < 4.78 is 1.80. The number of carbonyl (C=O) groups is 2. The summed E-state index contributed by atoms with van der Waals surface area (Å²) >= 11 is 8.47. The Bertz CT molecular complexity index is 1190.